The third-order valence-electron chi connectivity index (χ3n) is 2.97. The van der Waals surface area contributed by atoms with Crippen LogP contribution in [0.1, 0.15) is 12.5 Å². The van der Waals surface area contributed by atoms with E-state index in [1.165, 1.54) is 0 Å². The molecule has 2 aromatic carbocycles. The molecule has 0 aromatic heterocycles. The molecule has 0 saturated heterocycles. The average Bonchev–Trinajstić information content (AvgIpc) is 2.50. The molecule has 0 heterocycles. The lowest BCUT2D eigenvalue weighted by molar-refractivity contribution is -0.144. The minimum absolute atomic E-state index is 0.328. The smallest absolute Gasteiger partial charge is 0.323 e. The van der Waals surface area contributed by atoms with E-state index >= 15 is 0 Å². The van der Waals surface area contributed by atoms with Crippen molar-refractivity contribution in [2.24, 2.45) is 5.73 Å². The minimum atomic E-state index is -0.689. The van der Waals surface area contributed by atoms with Gasteiger partial charge in [0.25, 0.3) is 0 Å². The third-order valence-corrected chi connectivity index (χ3v) is 2.97. The highest BCUT2D eigenvalue weighted by Gasteiger charge is 2.17. The summed E-state index contributed by atoms with van der Waals surface area (Å²) in [7, 11) is 0. The second kappa shape index (κ2) is 7.45. The highest BCUT2D eigenvalue weighted by Crippen LogP contribution is 2.25. The highest BCUT2D eigenvalue weighted by atomic mass is 16.5. The molecule has 0 spiro atoms. The quantitative estimate of drug-likeness (QED) is 0.829. The maximum Gasteiger partial charge on any atom is 0.323 e. The number of para-hydroxylation sites is 2. The molecule has 2 aromatic rings. The first-order chi connectivity index (χ1) is 10.2. The predicted octanol–water partition coefficient (Wildman–Crippen LogP) is 2.91. The summed E-state index contributed by atoms with van der Waals surface area (Å²) >= 11 is 0. The number of rotatable bonds is 6. The second-order valence-electron chi connectivity index (χ2n) is 4.59. The summed E-state index contributed by atoms with van der Waals surface area (Å²) in [6.45, 7) is 2.09. The Morgan fingerprint density at radius 3 is 2.48 bits per heavy atom. The number of esters is 1. The van der Waals surface area contributed by atoms with Crippen LogP contribution in [0.5, 0.6) is 11.5 Å². The van der Waals surface area contributed by atoms with Crippen LogP contribution in [0.25, 0.3) is 0 Å². The normalized spacial score (nSPS) is 11.7. The van der Waals surface area contributed by atoms with Crippen molar-refractivity contribution in [3.8, 4) is 11.5 Å². The molecule has 0 aliphatic rings. The number of hydrogen-bond acceptors (Lipinski definition) is 4. The molecule has 0 saturated carbocycles. The first-order valence-electron chi connectivity index (χ1n) is 6.93. The lowest BCUT2D eigenvalue weighted by atomic mass is 10.1. The molecule has 2 N–H and O–H groups in total. The number of carbonyl (C=O) groups excluding carboxylic acids is 1. The third kappa shape index (κ3) is 4.33. The first-order valence-corrected chi connectivity index (χ1v) is 6.93. The van der Waals surface area contributed by atoms with Crippen molar-refractivity contribution >= 4 is 5.97 Å². The van der Waals surface area contributed by atoms with Crippen LogP contribution in [-0.2, 0) is 16.0 Å². The number of ether oxygens (including phenoxy) is 2. The van der Waals surface area contributed by atoms with Crippen molar-refractivity contribution in [3.05, 3.63) is 60.2 Å². The van der Waals surface area contributed by atoms with Gasteiger partial charge in [0.05, 0.1) is 6.61 Å². The fraction of sp³-hybridized carbons (Fsp3) is 0.235. The molecule has 4 heteroatoms. The summed E-state index contributed by atoms with van der Waals surface area (Å²) in [5, 5.41) is 0. The standard InChI is InChI=1S/C17H19NO3/c1-2-20-17(19)15(18)12-13-8-6-7-11-16(13)21-14-9-4-3-5-10-14/h3-11,15H,2,12,18H2,1H3. The fourth-order valence-electron chi connectivity index (χ4n) is 1.96. The first kappa shape index (κ1) is 15.1. The zero-order valence-corrected chi connectivity index (χ0v) is 12.0. The molecule has 0 bridgehead atoms. The van der Waals surface area contributed by atoms with Crippen LogP contribution in [-0.4, -0.2) is 18.6 Å². The van der Waals surface area contributed by atoms with Crippen molar-refractivity contribution in [1.29, 1.82) is 0 Å². The average molecular weight is 285 g/mol. The fourth-order valence-corrected chi connectivity index (χ4v) is 1.96. The van der Waals surface area contributed by atoms with Gasteiger partial charge in [-0.1, -0.05) is 36.4 Å². The van der Waals surface area contributed by atoms with Gasteiger partial charge in [0.15, 0.2) is 0 Å². The molecule has 21 heavy (non-hydrogen) atoms. The van der Waals surface area contributed by atoms with Crippen molar-refractivity contribution in [2.45, 2.75) is 19.4 Å². The maximum absolute atomic E-state index is 11.6. The Morgan fingerprint density at radius 2 is 1.76 bits per heavy atom. The van der Waals surface area contributed by atoms with Gasteiger partial charge in [0.2, 0.25) is 0 Å². The van der Waals surface area contributed by atoms with E-state index in [4.69, 9.17) is 15.2 Å². The number of benzene rings is 2. The Labute approximate surface area is 124 Å². The molecule has 4 nitrogen and oxygen atoms in total. The Bertz CT molecular complexity index is 584. The summed E-state index contributed by atoms with van der Waals surface area (Å²) in [5.74, 6) is 1.05. The molecular formula is C17H19NO3. The number of nitrogens with two attached hydrogens (primary N) is 1. The SMILES string of the molecule is CCOC(=O)C(N)Cc1ccccc1Oc1ccccc1. The lowest BCUT2D eigenvalue weighted by Gasteiger charge is -2.14. The van der Waals surface area contributed by atoms with E-state index in [0.29, 0.717) is 18.8 Å². The van der Waals surface area contributed by atoms with Crippen LogP contribution < -0.4 is 10.5 Å². The highest BCUT2D eigenvalue weighted by molar-refractivity contribution is 5.76. The molecule has 0 radical (unpaired) electrons. The van der Waals surface area contributed by atoms with Gasteiger partial charge in [-0.25, -0.2) is 0 Å². The van der Waals surface area contributed by atoms with Crippen LogP contribution in [0.15, 0.2) is 54.6 Å². The van der Waals surface area contributed by atoms with E-state index < -0.39 is 12.0 Å². The van der Waals surface area contributed by atoms with Crippen LogP contribution >= 0.6 is 0 Å². The van der Waals surface area contributed by atoms with E-state index in [-0.39, 0.29) is 0 Å². The summed E-state index contributed by atoms with van der Waals surface area (Å²) in [4.78, 5) is 11.6. The van der Waals surface area contributed by atoms with Crippen molar-refractivity contribution < 1.29 is 14.3 Å². The molecule has 0 fully saturated rings. The van der Waals surface area contributed by atoms with E-state index in [0.717, 1.165) is 11.3 Å². The van der Waals surface area contributed by atoms with Gasteiger partial charge >= 0.3 is 5.97 Å². The molecule has 0 aliphatic carbocycles. The van der Waals surface area contributed by atoms with E-state index in [1.54, 1.807) is 6.92 Å². The molecule has 1 atom stereocenters. The Kier molecular flexibility index (Phi) is 5.35. The van der Waals surface area contributed by atoms with Gasteiger partial charge in [-0.3, -0.25) is 4.79 Å². The monoisotopic (exact) mass is 285 g/mol. The molecule has 0 aliphatic heterocycles. The van der Waals surface area contributed by atoms with Gasteiger partial charge in [-0.05, 0) is 30.7 Å². The summed E-state index contributed by atoms with van der Waals surface area (Å²) in [6, 6.07) is 16.3. The Morgan fingerprint density at radius 1 is 1.10 bits per heavy atom. The molecule has 110 valence electrons. The van der Waals surface area contributed by atoms with Crippen molar-refractivity contribution in [1.82, 2.24) is 0 Å². The minimum Gasteiger partial charge on any atom is -0.465 e. The molecule has 2 rings (SSSR count). The van der Waals surface area contributed by atoms with E-state index in [2.05, 4.69) is 0 Å². The Hall–Kier alpha value is -2.33. The van der Waals surface area contributed by atoms with Crippen LogP contribution in [0.4, 0.5) is 0 Å². The number of hydrogen-bond donors (Lipinski definition) is 1. The van der Waals surface area contributed by atoms with E-state index in [1.807, 2.05) is 54.6 Å². The van der Waals surface area contributed by atoms with Gasteiger partial charge in [0, 0.05) is 6.42 Å². The summed E-state index contributed by atoms with van der Waals surface area (Å²) in [6.07, 6.45) is 0.377. The van der Waals surface area contributed by atoms with Gasteiger partial charge < -0.3 is 15.2 Å². The van der Waals surface area contributed by atoms with Crippen LogP contribution in [0, 0.1) is 0 Å². The zero-order chi connectivity index (χ0) is 15.1. The van der Waals surface area contributed by atoms with E-state index in [9.17, 15) is 4.79 Å². The lowest BCUT2D eigenvalue weighted by Crippen LogP contribution is -2.34. The largest absolute Gasteiger partial charge is 0.465 e. The van der Waals surface area contributed by atoms with Crippen LogP contribution in [0.3, 0.4) is 0 Å². The van der Waals surface area contributed by atoms with Crippen molar-refractivity contribution in [2.75, 3.05) is 6.61 Å². The zero-order valence-electron chi connectivity index (χ0n) is 12.0. The molecular weight excluding hydrogens is 266 g/mol. The van der Waals surface area contributed by atoms with Crippen molar-refractivity contribution in [3.63, 3.8) is 0 Å². The summed E-state index contributed by atoms with van der Waals surface area (Å²) in [5.41, 5.74) is 6.74. The van der Waals surface area contributed by atoms with Crippen LogP contribution in [0.2, 0.25) is 0 Å². The van der Waals surface area contributed by atoms with Gasteiger partial charge in [-0.2, -0.15) is 0 Å². The molecule has 0 amide bonds. The Balaban J connectivity index is 2.12. The number of carbonyl (C=O) groups is 1. The maximum atomic E-state index is 11.6. The summed E-state index contributed by atoms with van der Waals surface area (Å²) < 4.78 is 10.8. The topological polar surface area (TPSA) is 61.5 Å². The van der Waals surface area contributed by atoms with Gasteiger partial charge in [-0.15, -0.1) is 0 Å². The second-order valence-corrected chi connectivity index (χ2v) is 4.59. The van der Waals surface area contributed by atoms with Gasteiger partial charge in [0.1, 0.15) is 17.5 Å². The predicted molar refractivity (Wildman–Crippen MR) is 81.3 cm³/mol. The molecule has 1 unspecified atom stereocenters.